The third-order valence-electron chi connectivity index (χ3n) is 3.73. The van der Waals surface area contributed by atoms with E-state index in [1.807, 2.05) is 13.8 Å². The molecule has 19 heavy (non-hydrogen) atoms. The highest BCUT2D eigenvalue weighted by Crippen LogP contribution is 2.33. The van der Waals surface area contributed by atoms with Crippen LogP contribution in [0, 0.1) is 5.82 Å². The molecule has 0 aliphatic carbocycles. The number of benzene rings is 1. The van der Waals surface area contributed by atoms with Crippen molar-refractivity contribution in [1.29, 1.82) is 0 Å². The summed E-state index contributed by atoms with van der Waals surface area (Å²) in [5, 5.41) is 0. The minimum atomic E-state index is -3.60. The van der Waals surface area contributed by atoms with E-state index in [2.05, 4.69) is 0 Å². The predicted molar refractivity (Wildman–Crippen MR) is 72.6 cm³/mol. The van der Waals surface area contributed by atoms with Gasteiger partial charge in [0.2, 0.25) is 10.0 Å². The molecule has 0 bridgehead atoms. The lowest BCUT2D eigenvalue weighted by molar-refractivity contribution is 0.328. The number of nitrogens with zero attached hydrogens (tertiary/aromatic N) is 1. The molecule has 0 saturated carbocycles. The summed E-state index contributed by atoms with van der Waals surface area (Å²) in [6.07, 6.45) is 2.50. The summed E-state index contributed by atoms with van der Waals surface area (Å²) in [5.41, 5.74) is 5.32. The summed E-state index contributed by atoms with van der Waals surface area (Å²) in [6, 6.07) is 3.57. The van der Waals surface area contributed by atoms with Crippen LogP contribution >= 0.6 is 0 Å². The van der Waals surface area contributed by atoms with Gasteiger partial charge in [-0.05, 0) is 44.4 Å². The fourth-order valence-electron chi connectivity index (χ4n) is 2.67. The topological polar surface area (TPSA) is 63.4 Å². The Morgan fingerprint density at radius 3 is 2.68 bits per heavy atom. The van der Waals surface area contributed by atoms with Crippen molar-refractivity contribution in [2.24, 2.45) is 0 Å². The van der Waals surface area contributed by atoms with Gasteiger partial charge in [-0.2, -0.15) is 4.31 Å². The van der Waals surface area contributed by atoms with Crippen molar-refractivity contribution < 1.29 is 12.8 Å². The van der Waals surface area contributed by atoms with Crippen molar-refractivity contribution in [3.05, 3.63) is 24.0 Å². The number of halogens is 1. The third kappa shape index (κ3) is 2.47. The van der Waals surface area contributed by atoms with Crippen LogP contribution in [0.1, 0.15) is 33.1 Å². The highest BCUT2D eigenvalue weighted by molar-refractivity contribution is 7.89. The van der Waals surface area contributed by atoms with Crippen LogP contribution in [0.25, 0.3) is 0 Å². The lowest BCUT2D eigenvalue weighted by atomic mass is 10.2. The van der Waals surface area contributed by atoms with Gasteiger partial charge < -0.3 is 5.73 Å². The van der Waals surface area contributed by atoms with Gasteiger partial charge in [0, 0.05) is 12.1 Å². The average Bonchev–Trinajstić information content (AvgIpc) is 2.74. The minimum absolute atomic E-state index is 0.0197. The minimum Gasteiger partial charge on any atom is -0.396 e. The number of anilines is 1. The summed E-state index contributed by atoms with van der Waals surface area (Å²) in [7, 11) is -3.60. The average molecular weight is 286 g/mol. The number of rotatable bonds is 3. The molecule has 0 aromatic heterocycles. The zero-order chi connectivity index (χ0) is 14.2. The van der Waals surface area contributed by atoms with E-state index in [9.17, 15) is 12.8 Å². The number of hydrogen-bond acceptors (Lipinski definition) is 3. The van der Waals surface area contributed by atoms with Crippen molar-refractivity contribution >= 4 is 15.7 Å². The van der Waals surface area contributed by atoms with Gasteiger partial charge in [0.1, 0.15) is 5.82 Å². The molecule has 1 saturated heterocycles. The number of sulfonamides is 1. The first kappa shape index (κ1) is 14.3. The first-order chi connectivity index (χ1) is 8.87. The lowest BCUT2D eigenvalue weighted by Gasteiger charge is -2.27. The molecule has 2 atom stereocenters. The van der Waals surface area contributed by atoms with Crippen LogP contribution in [0.3, 0.4) is 0 Å². The van der Waals surface area contributed by atoms with Crippen LogP contribution in [-0.2, 0) is 10.0 Å². The van der Waals surface area contributed by atoms with E-state index >= 15 is 0 Å². The van der Waals surface area contributed by atoms with Crippen LogP contribution in [0.15, 0.2) is 23.1 Å². The smallest absolute Gasteiger partial charge is 0.243 e. The second-order valence-corrected chi connectivity index (χ2v) is 6.85. The van der Waals surface area contributed by atoms with Crippen molar-refractivity contribution in [3.63, 3.8) is 0 Å². The molecule has 0 spiro atoms. The Labute approximate surface area is 113 Å². The molecule has 1 aliphatic rings. The predicted octanol–water partition coefficient (Wildman–Crippen LogP) is 2.36. The molecule has 2 rings (SSSR count). The van der Waals surface area contributed by atoms with Gasteiger partial charge in [-0.15, -0.1) is 0 Å². The zero-order valence-electron chi connectivity index (χ0n) is 11.1. The Morgan fingerprint density at radius 1 is 1.42 bits per heavy atom. The molecule has 1 aromatic rings. The zero-order valence-corrected chi connectivity index (χ0v) is 12.0. The Bertz CT molecular complexity index is 574. The van der Waals surface area contributed by atoms with Gasteiger partial charge in [-0.3, -0.25) is 0 Å². The standard InChI is InChI=1S/C13H19FN2O2S/c1-3-10-5-4-9(2)16(10)19(17,18)11-6-7-12(14)13(15)8-11/h6-10H,3-5,15H2,1-2H3. The molecular formula is C13H19FN2O2S. The maximum atomic E-state index is 13.2. The second kappa shape index (κ2) is 5.09. The molecule has 0 radical (unpaired) electrons. The number of nitrogen functional groups attached to an aromatic ring is 1. The fourth-order valence-corrected chi connectivity index (χ4v) is 4.65. The fraction of sp³-hybridized carbons (Fsp3) is 0.538. The Kier molecular flexibility index (Phi) is 3.82. The molecule has 0 amide bonds. The van der Waals surface area contributed by atoms with E-state index in [1.54, 1.807) is 4.31 Å². The van der Waals surface area contributed by atoms with Crippen LogP contribution in [-0.4, -0.2) is 24.8 Å². The van der Waals surface area contributed by atoms with Crippen LogP contribution < -0.4 is 5.73 Å². The molecule has 106 valence electrons. The highest BCUT2D eigenvalue weighted by atomic mass is 32.2. The lowest BCUT2D eigenvalue weighted by Crippen LogP contribution is -2.39. The Balaban J connectivity index is 2.43. The van der Waals surface area contributed by atoms with E-state index in [4.69, 9.17) is 5.73 Å². The van der Waals surface area contributed by atoms with Gasteiger partial charge in [-0.25, -0.2) is 12.8 Å². The number of hydrogen-bond donors (Lipinski definition) is 1. The quantitative estimate of drug-likeness (QED) is 0.868. The van der Waals surface area contributed by atoms with E-state index in [0.717, 1.165) is 25.3 Å². The van der Waals surface area contributed by atoms with Crippen molar-refractivity contribution in [2.75, 3.05) is 5.73 Å². The molecule has 4 nitrogen and oxygen atoms in total. The van der Waals surface area contributed by atoms with Gasteiger partial charge in [-0.1, -0.05) is 6.92 Å². The number of nitrogens with two attached hydrogens (primary N) is 1. The Morgan fingerprint density at radius 2 is 2.11 bits per heavy atom. The Hall–Kier alpha value is -1.14. The molecule has 6 heteroatoms. The van der Waals surface area contributed by atoms with E-state index in [0.29, 0.717) is 0 Å². The molecule has 2 unspecified atom stereocenters. The van der Waals surface area contributed by atoms with Crippen LogP contribution in [0.5, 0.6) is 0 Å². The second-order valence-electron chi connectivity index (χ2n) is 5.01. The summed E-state index contributed by atoms with van der Waals surface area (Å²) < 4.78 is 39.9. The SMILES string of the molecule is CCC1CCC(C)N1S(=O)(=O)c1ccc(F)c(N)c1. The first-order valence-electron chi connectivity index (χ1n) is 6.46. The van der Waals surface area contributed by atoms with Gasteiger partial charge >= 0.3 is 0 Å². The van der Waals surface area contributed by atoms with Crippen LogP contribution in [0.4, 0.5) is 10.1 Å². The molecule has 1 aromatic carbocycles. The molecule has 1 heterocycles. The van der Waals surface area contributed by atoms with Gasteiger partial charge in [0.25, 0.3) is 0 Å². The van der Waals surface area contributed by atoms with E-state index in [-0.39, 0.29) is 22.7 Å². The van der Waals surface area contributed by atoms with Crippen LogP contribution in [0.2, 0.25) is 0 Å². The summed E-state index contributed by atoms with van der Waals surface area (Å²) in [5.74, 6) is -0.597. The van der Waals surface area contributed by atoms with Gasteiger partial charge in [0.05, 0.1) is 10.6 Å². The van der Waals surface area contributed by atoms with Crippen molar-refractivity contribution in [3.8, 4) is 0 Å². The highest BCUT2D eigenvalue weighted by Gasteiger charge is 2.39. The summed E-state index contributed by atoms with van der Waals surface area (Å²) in [6.45, 7) is 3.88. The van der Waals surface area contributed by atoms with Crippen molar-refractivity contribution in [2.45, 2.75) is 50.1 Å². The molecule has 1 fully saturated rings. The molecular weight excluding hydrogens is 267 g/mol. The largest absolute Gasteiger partial charge is 0.396 e. The normalized spacial score (nSPS) is 24.8. The maximum absolute atomic E-state index is 13.2. The summed E-state index contributed by atoms with van der Waals surface area (Å²) in [4.78, 5) is 0.0681. The maximum Gasteiger partial charge on any atom is 0.243 e. The van der Waals surface area contributed by atoms with Gasteiger partial charge in [0.15, 0.2) is 0 Å². The van der Waals surface area contributed by atoms with E-state index < -0.39 is 15.8 Å². The monoisotopic (exact) mass is 286 g/mol. The third-order valence-corrected chi connectivity index (χ3v) is 5.79. The van der Waals surface area contributed by atoms with E-state index in [1.165, 1.54) is 12.1 Å². The molecule has 2 N–H and O–H groups in total. The van der Waals surface area contributed by atoms with Crippen molar-refractivity contribution in [1.82, 2.24) is 4.31 Å². The summed E-state index contributed by atoms with van der Waals surface area (Å²) >= 11 is 0. The molecule has 1 aliphatic heterocycles. The first-order valence-corrected chi connectivity index (χ1v) is 7.90.